The maximum absolute atomic E-state index is 9.78. The molecule has 0 atom stereocenters. The van der Waals surface area contributed by atoms with Gasteiger partial charge < -0.3 is 0 Å². The van der Waals surface area contributed by atoms with E-state index in [1.165, 1.54) is 25.8 Å². The van der Waals surface area contributed by atoms with Crippen molar-refractivity contribution >= 4 is 61.3 Å². The lowest BCUT2D eigenvalue weighted by Crippen LogP contribution is -1.76. The molecule has 0 fully saturated rings. The summed E-state index contributed by atoms with van der Waals surface area (Å²) in [6.45, 7) is 6.36. The van der Waals surface area contributed by atoms with Gasteiger partial charge in [-0.05, 0) is 71.6 Å². The first kappa shape index (κ1) is 20.5. The summed E-state index contributed by atoms with van der Waals surface area (Å²) in [7, 11) is 0. The van der Waals surface area contributed by atoms with Crippen molar-refractivity contribution in [2.45, 2.75) is 27.2 Å². The first-order valence-corrected chi connectivity index (χ1v) is 12.9. The number of hydrogen-bond acceptors (Lipinski definition) is 6. The predicted octanol–water partition coefficient (Wildman–Crippen LogP) is 8.62. The summed E-state index contributed by atoms with van der Waals surface area (Å²) in [6.07, 6.45) is 0.966. The van der Waals surface area contributed by atoms with Crippen LogP contribution in [0.1, 0.15) is 34.1 Å². The van der Waals surface area contributed by atoms with E-state index in [9.17, 15) is 10.5 Å². The Kier molecular flexibility index (Phi) is 5.79. The Morgan fingerprint density at radius 3 is 1.86 bits per heavy atom. The minimum atomic E-state index is 0.636. The van der Waals surface area contributed by atoms with Crippen LogP contribution in [0, 0.1) is 36.5 Å². The van der Waals surface area contributed by atoms with Gasteiger partial charge in [0.1, 0.15) is 12.1 Å². The fourth-order valence-corrected chi connectivity index (χ4v) is 8.75. The largest absolute Gasteiger partial charge is 0.192 e. The number of nitrogens with zero attached hydrogens (tertiary/aromatic N) is 2. The summed E-state index contributed by atoms with van der Waals surface area (Å²) < 4.78 is 1.08. The van der Waals surface area contributed by atoms with Crippen molar-refractivity contribution in [3.8, 4) is 41.4 Å². The molecule has 0 N–H and O–H groups in total. The van der Waals surface area contributed by atoms with Crippen molar-refractivity contribution in [2.75, 3.05) is 0 Å². The minimum Gasteiger partial charge on any atom is -0.192 e. The van der Waals surface area contributed by atoms with Crippen LogP contribution in [0.15, 0.2) is 28.1 Å². The highest BCUT2D eigenvalue weighted by Crippen LogP contribution is 2.48. The molecule has 29 heavy (non-hydrogen) atoms. The molecule has 0 aliphatic rings. The van der Waals surface area contributed by atoms with E-state index in [1.54, 1.807) is 45.3 Å². The zero-order chi connectivity index (χ0) is 20.7. The topological polar surface area (TPSA) is 47.6 Å². The Bertz CT molecular complexity index is 1300. The molecule has 0 saturated carbocycles. The van der Waals surface area contributed by atoms with Crippen molar-refractivity contribution in [3.05, 3.63) is 55.2 Å². The molecule has 0 radical (unpaired) electrons. The van der Waals surface area contributed by atoms with Crippen molar-refractivity contribution in [2.24, 2.45) is 0 Å². The maximum Gasteiger partial charge on any atom is 0.101 e. The van der Waals surface area contributed by atoms with Gasteiger partial charge in [0, 0.05) is 24.4 Å². The van der Waals surface area contributed by atoms with Crippen LogP contribution in [0.25, 0.3) is 29.3 Å². The van der Waals surface area contributed by atoms with Crippen molar-refractivity contribution in [1.82, 2.24) is 0 Å². The molecule has 0 bridgehead atoms. The number of rotatable bonds is 4. The maximum atomic E-state index is 9.78. The fourth-order valence-electron chi connectivity index (χ4n) is 3.24. The van der Waals surface area contributed by atoms with Gasteiger partial charge in [0.15, 0.2) is 0 Å². The molecule has 4 heterocycles. The molecular weight excluding hydrogens is 500 g/mol. The van der Waals surface area contributed by atoms with Gasteiger partial charge in [-0.25, -0.2) is 0 Å². The van der Waals surface area contributed by atoms with E-state index >= 15 is 0 Å². The molecule has 0 aliphatic heterocycles. The van der Waals surface area contributed by atoms with Gasteiger partial charge >= 0.3 is 0 Å². The lowest BCUT2D eigenvalue weighted by Gasteiger charge is -1.97. The molecule has 4 aromatic heterocycles. The molecule has 0 aliphatic carbocycles. The number of nitriles is 2. The van der Waals surface area contributed by atoms with Crippen LogP contribution in [0.2, 0.25) is 0 Å². The molecule has 4 rings (SSSR count). The Labute approximate surface area is 194 Å². The molecule has 0 saturated heterocycles. The second-order valence-electron chi connectivity index (χ2n) is 6.56. The molecule has 0 aromatic carbocycles. The van der Waals surface area contributed by atoms with E-state index in [-0.39, 0.29) is 0 Å². The molecule has 2 nitrogen and oxygen atoms in total. The number of aryl methyl sites for hydroxylation is 3. The Morgan fingerprint density at radius 2 is 1.38 bits per heavy atom. The molecule has 7 heteroatoms. The standard InChI is InChI=1S/C22H15BrN2S4/c1-4-13-6-12(3)26-20(13)17-8-15(10-25)22(28-17)21-14(9-24)7-16(27-21)19-11(2)5-18(23)29-19/h5-8H,4H2,1-3H3. The van der Waals surface area contributed by atoms with E-state index < -0.39 is 0 Å². The van der Waals surface area contributed by atoms with E-state index in [2.05, 4.69) is 61.0 Å². The van der Waals surface area contributed by atoms with Crippen LogP contribution < -0.4 is 0 Å². The van der Waals surface area contributed by atoms with Crippen LogP contribution in [-0.4, -0.2) is 0 Å². The second-order valence-corrected chi connectivity index (χ2v) is 12.4. The van der Waals surface area contributed by atoms with Crippen molar-refractivity contribution in [3.63, 3.8) is 0 Å². The quantitative estimate of drug-likeness (QED) is 0.273. The fraction of sp³-hybridized carbons (Fsp3) is 0.182. The molecular formula is C22H15BrN2S4. The number of halogens is 1. The normalized spacial score (nSPS) is 10.8. The SMILES string of the molecule is CCc1cc(C)sc1-c1cc(C#N)c(-c2sc(-c3sc(Br)cc3C)cc2C#N)s1. The molecule has 144 valence electrons. The lowest BCUT2D eigenvalue weighted by atomic mass is 10.1. The van der Waals surface area contributed by atoms with Crippen molar-refractivity contribution in [1.29, 1.82) is 10.5 Å². The average Bonchev–Trinajstić information content (AvgIpc) is 3.45. The third-order valence-electron chi connectivity index (χ3n) is 4.56. The Morgan fingerprint density at radius 1 is 0.793 bits per heavy atom. The number of thiophene rings is 4. The Hall–Kier alpha value is -1.74. The molecule has 0 spiro atoms. The van der Waals surface area contributed by atoms with Gasteiger partial charge in [0.2, 0.25) is 0 Å². The van der Waals surface area contributed by atoms with Gasteiger partial charge in [-0.2, -0.15) is 10.5 Å². The summed E-state index contributed by atoms with van der Waals surface area (Å²) in [4.78, 5) is 7.67. The smallest absolute Gasteiger partial charge is 0.101 e. The third-order valence-corrected chi connectivity index (χ3v) is 10.2. The van der Waals surface area contributed by atoms with E-state index in [0.717, 1.165) is 29.7 Å². The first-order chi connectivity index (χ1) is 13.9. The highest BCUT2D eigenvalue weighted by atomic mass is 79.9. The van der Waals surface area contributed by atoms with Gasteiger partial charge in [-0.1, -0.05) is 6.92 Å². The monoisotopic (exact) mass is 514 g/mol. The lowest BCUT2D eigenvalue weighted by molar-refractivity contribution is 1.15. The summed E-state index contributed by atoms with van der Waals surface area (Å²) in [5.41, 5.74) is 3.79. The highest BCUT2D eigenvalue weighted by Gasteiger charge is 2.21. The number of hydrogen-bond donors (Lipinski definition) is 0. The average molecular weight is 516 g/mol. The molecule has 0 amide bonds. The van der Waals surface area contributed by atoms with Crippen LogP contribution in [-0.2, 0) is 6.42 Å². The predicted molar refractivity (Wildman–Crippen MR) is 130 cm³/mol. The van der Waals surface area contributed by atoms with Gasteiger partial charge in [0.05, 0.1) is 24.7 Å². The Balaban J connectivity index is 1.87. The third kappa shape index (κ3) is 3.74. The first-order valence-electron chi connectivity index (χ1n) is 8.89. The highest BCUT2D eigenvalue weighted by molar-refractivity contribution is 9.11. The van der Waals surface area contributed by atoms with E-state index in [1.807, 2.05) is 12.1 Å². The zero-order valence-corrected chi connectivity index (χ0v) is 20.8. The molecule has 4 aromatic rings. The summed E-state index contributed by atoms with van der Waals surface area (Å²) >= 11 is 10.2. The van der Waals surface area contributed by atoms with Gasteiger partial charge in [-0.15, -0.1) is 45.3 Å². The van der Waals surface area contributed by atoms with E-state index in [0.29, 0.717) is 11.1 Å². The summed E-state index contributed by atoms with van der Waals surface area (Å²) in [5, 5.41) is 19.5. The molecule has 0 unspecified atom stereocenters. The second kappa shape index (κ2) is 8.18. The van der Waals surface area contributed by atoms with Crippen LogP contribution >= 0.6 is 61.3 Å². The van der Waals surface area contributed by atoms with Gasteiger partial charge in [-0.3, -0.25) is 0 Å². The van der Waals surface area contributed by atoms with Crippen LogP contribution in [0.3, 0.4) is 0 Å². The van der Waals surface area contributed by atoms with E-state index in [4.69, 9.17) is 0 Å². The minimum absolute atomic E-state index is 0.636. The van der Waals surface area contributed by atoms with Crippen LogP contribution in [0.5, 0.6) is 0 Å². The summed E-state index contributed by atoms with van der Waals surface area (Å²) in [6, 6.07) is 13.0. The van der Waals surface area contributed by atoms with Crippen molar-refractivity contribution < 1.29 is 0 Å². The van der Waals surface area contributed by atoms with Gasteiger partial charge in [0.25, 0.3) is 0 Å². The summed E-state index contributed by atoms with van der Waals surface area (Å²) in [5.74, 6) is 0. The van der Waals surface area contributed by atoms with Crippen LogP contribution in [0.4, 0.5) is 0 Å². The zero-order valence-electron chi connectivity index (χ0n) is 15.9.